The summed E-state index contributed by atoms with van der Waals surface area (Å²) in [5.74, 6) is 0.822. The van der Waals surface area contributed by atoms with Gasteiger partial charge in [0.25, 0.3) is 0 Å². The molecule has 1 unspecified atom stereocenters. The largest absolute Gasteiger partial charge is 0.355 e. The minimum atomic E-state index is -0.133. The van der Waals surface area contributed by atoms with Crippen molar-refractivity contribution >= 4 is 23.5 Å². The van der Waals surface area contributed by atoms with Crippen molar-refractivity contribution in [2.75, 3.05) is 18.0 Å². The van der Waals surface area contributed by atoms with Crippen LogP contribution in [0, 0.1) is 18.3 Å². The fourth-order valence-corrected chi connectivity index (χ4v) is 4.04. The number of carbonyl (C=O) groups excluding carboxylic acids is 1. The van der Waals surface area contributed by atoms with Gasteiger partial charge in [0.1, 0.15) is 11.9 Å². The number of nitriles is 1. The van der Waals surface area contributed by atoms with Crippen LogP contribution in [0.2, 0.25) is 0 Å². The highest BCUT2D eigenvalue weighted by atomic mass is 32.2. The molecule has 140 valence electrons. The van der Waals surface area contributed by atoms with Crippen LogP contribution in [0.5, 0.6) is 0 Å². The van der Waals surface area contributed by atoms with Crippen molar-refractivity contribution in [1.29, 1.82) is 5.26 Å². The highest BCUT2D eigenvalue weighted by molar-refractivity contribution is 8.00. The van der Waals surface area contributed by atoms with Gasteiger partial charge < -0.3 is 10.2 Å². The first-order valence-corrected chi connectivity index (χ1v) is 10.1. The van der Waals surface area contributed by atoms with Crippen LogP contribution in [0.1, 0.15) is 30.9 Å². The van der Waals surface area contributed by atoms with Gasteiger partial charge in [0, 0.05) is 30.2 Å². The van der Waals surface area contributed by atoms with Gasteiger partial charge >= 0.3 is 0 Å². The molecule has 0 saturated carbocycles. The van der Waals surface area contributed by atoms with Crippen LogP contribution in [-0.4, -0.2) is 35.3 Å². The molecule has 0 spiro atoms. The number of carbonyl (C=O) groups is 1. The molecule has 1 amide bonds. The summed E-state index contributed by atoms with van der Waals surface area (Å²) in [6, 6.07) is 14.2. The summed E-state index contributed by atoms with van der Waals surface area (Å²) < 4.78 is 0. The third kappa shape index (κ3) is 5.01. The smallest absolute Gasteiger partial charge is 0.233 e. The first-order chi connectivity index (χ1) is 13.1. The molecule has 2 heterocycles. The lowest BCUT2D eigenvalue weighted by Crippen LogP contribution is -2.47. The monoisotopic (exact) mass is 380 g/mol. The number of nitrogens with one attached hydrogen (secondary N) is 1. The molecule has 1 fully saturated rings. The SMILES string of the molecule is Cc1ccc(SC(C)C(=O)NC2CCN(c3ncccc3C#N)CC2)cc1. The Morgan fingerprint density at radius 1 is 1.30 bits per heavy atom. The Morgan fingerprint density at radius 2 is 2.00 bits per heavy atom. The normalized spacial score (nSPS) is 15.8. The van der Waals surface area contributed by atoms with Gasteiger partial charge in [-0.15, -0.1) is 11.8 Å². The number of rotatable bonds is 5. The first-order valence-electron chi connectivity index (χ1n) is 9.20. The Hall–Kier alpha value is -2.52. The van der Waals surface area contributed by atoms with E-state index >= 15 is 0 Å². The molecule has 1 N–H and O–H groups in total. The molecule has 1 aromatic heterocycles. The maximum absolute atomic E-state index is 12.5. The molecule has 1 saturated heterocycles. The second-order valence-electron chi connectivity index (χ2n) is 6.83. The van der Waals surface area contributed by atoms with E-state index in [4.69, 9.17) is 0 Å². The summed E-state index contributed by atoms with van der Waals surface area (Å²) in [7, 11) is 0. The third-order valence-corrected chi connectivity index (χ3v) is 5.86. The third-order valence-electron chi connectivity index (χ3n) is 4.75. The quantitative estimate of drug-likeness (QED) is 0.804. The molecule has 6 heteroatoms. The Balaban J connectivity index is 1.50. The van der Waals surface area contributed by atoms with Gasteiger partial charge in [0.05, 0.1) is 10.8 Å². The standard InChI is InChI=1S/C21H24N4OS/c1-15-5-7-19(8-6-15)27-16(2)21(26)24-18-9-12-25(13-10-18)20-17(14-22)4-3-11-23-20/h3-8,11,16,18H,9-10,12-13H2,1-2H3,(H,24,26). The molecule has 1 aromatic carbocycles. The fraction of sp³-hybridized carbons (Fsp3) is 0.381. The van der Waals surface area contributed by atoms with Crippen molar-refractivity contribution in [1.82, 2.24) is 10.3 Å². The molecule has 27 heavy (non-hydrogen) atoms. The molecule has 2 aromatic rings. The van der Waals surface area contributed by atoms with Crippen LogP contribution in [0.15, 0.2) is 47.5 Å². The van der Waals surface area contributed by atoms with E-state index in [0.717, 1.165) is 36.6 Å². The fourth-order valence-electron chi connectivity index (χ4n) is 3.16. The van der Waals surface area contributed by atoms with Crippen LogP contribution in [0.3, 0.4) is 0 Å². The molecule has 0 radical (unpaired) electrons. The predicted octanol–water partition coefficient (Wildman–Crippen LogP) is 3.53. The number of aryl methyl sites for hydroxylation is 1. The summed E-state index contributed by atoms with van der Waals surface area (Å²) in [6.45, 7) is 5.58. The number of pyridine rings is 1. The number of hydrogen-bond donors (Lipinski definition) is 1. The molecule has 0 aliphatic carbocycles. The number of aromatic nitrogens is 1. The molecular formula is C21H24N4OS. The van der Waals surface area contributed by atoms with E-state index < -0.39 is 0 Å². The lowest BCUT2D eigenvalue weighted by Gasteiger charge is -2.33. The van der Waals surface area contributed by atoms with Gasteiger partial charge in [-0.3, -0.25) is 4.79 Å². The number of benzene rings is 1. The Kier molecular flexibility index (Phi) is 6.36. The van der Waals surface area contributed by atoms with Gasteiger partial charge in [-0.1, -0.05) is 17.7 Å². The second kappa shape index (κ2) is 8.92. The van der Waals surface area contributed by atoms with E-state index in [-0.39, 0.29) is 17.2 Å². The molecular weight excluding hydrogens is 356 g/mol. The van der Waals surface area contributed by atoms with Gasteiger partial charge in [0.15, 0.2) is 0 Å². The molecule has 1 atom stereocenters. The van der Waals surface area contributed by atoms with Crippen LogP contribution in [0.4, 0.5) is 5.82 Å². The molecule has 0 bridgehead atoms. The predicted molar refractivity (Wildman–Crippen MR) is 109 cm³/mol. The average molecular weight is 381 g/mol. The number of nitrogens with zero attached hydrogens (tertiary/aromatic N) is 3. The van der Waals surface area contributed by atoms with Gasteiger partial charge in [0.2, 0.25) is 5.91 Å². The second-order valence-corrected chi connectivity index (χ2v) is 8.24. The van der Waals surface area contributed by atoms with Crippen LogP contribution >= 0.6 is 11.8 Å². The highest BCUT2D eigenvalue weighted by Gasteiger charge is 2.24. The zero-order valence-corrected chi connectivity index (χ0v) is 16.5. The summed E-state index contributed by atoms with van der Waals surface area (Å²) in [5.41, 5.74) is 1.82. The average Bonchev–Trinajstić information content (AvgIpc) is 2.70. The first kappa shape index (κ1) is 19.2. The van der Waals surface area contributed by atoms with Crippen molar-refractivity contribution in [2.24, 2.45) is 0 Å². The molecule has 1 aliphatic heterocycles. The van der Waals surface area contributed by atoms with Crippen molar-refractivity contribution in [2.45, 2.75) is 42.9 Å². The minimum absolute atomic E-state index is 0.0783. The van der Waals surface area contributed by atoms with Crippen LogP contribution in [-0.2, 0) is 4.79 Å². The summed E-state index contributed by atoms with van der Waals surface area (Å²) in [6.07, 6.45) is 3.43. The summed E-state index contributed by atoms with van der Waals surface area (Å²) in [4.78, 5) is 20.1. The highest BCUT2D eigenvalue weighted by Crippen LogP contribution is 2.25. The topological polar surface area (TPSA) is 69.0 Å². The zero-order chi connectivity index (χ0) is 19.2. The Labute approximate surface area is 164 Å². The number of anilines is 1. The Bertz CT molecular complexity index is 823. The zero-order valence-electron chi connectivity index (χ0n) is 15.7. The van der Waals surface area contributed by atoms with Crippen molar-refractivity contribution < 1.29 is 4.79 Å². The number of thioether (sulfide) groups is 1. The minimum Gasteiger partial charge on any atom is -0.355 e. The van der Waals surface area contributed by atoms with Crippen molar-refractivity contribution in [3.05, 3.63) is 53.7 Å². The van der Waals surface area contributed by atoms with Gasteiger partial charge in [-0.25, -0.2) is 4.98 Å². The van der Waals surface area contributed by atoms with Crippen LogP contribution < -0.4 is 10.2 Å². The van der Waals surface area contributed by atoms with Crippen LogP contribution in [0.25, 0.3) is 0 Å². The number of amides is 1. The van der Waals surface area contributed by atoms with E-state index in [1.165, 1.54) is 5.56 Å². The van der Waals surface area contributed by atoms with E-state index in [0.29, 0.717) is 5.56 Å². The molecule has 5 nitrogen and oxygen atoms in total. The summed E-state index contributed by atoms with van der Waals surface area (Å²) in [5, 5.41) is 12.3. The van der Waals surface area contributed by atoms with E-state index in [9.17, 15) is 10.1 Å². The maximum atomic E-state index is 12.5. The number of hydrogen-bond acceptors (Lipinski definition) is 5. The van der Waals surface area contributed by atoms with Crippen molar-refractivity contribution in [3.63, 3.8) is 0 Å². The molecule has 1 aliphatic rings. The van der Waals surface area contributed by atoms with Crippen molar-refractivity contribution in [3.8, 4) is 6.07 Å². The molecule has 3 rings (SSSR count). The maximum Gasteiger partial charge on any atom is 0.233 e. The number of piperidine rings is 1. The van der Waals surface area contributed by atoms with Gasteiger partial charge in [-0.2, -0.15) is 5.26 Å². The lowest BCUT2D eigenvalue weighted by atomic mass is 10.0. The van der Waals surface area contributed by atoms with E-state index in [1.807, 2.05) is 6.92 Å². The van der Waals surface area contributed by atoms with E-state index in [2.05, 4.69) is 52.5 Å². The van der Waals surface area contributed by atoms with E-state index in [1.54, 1.807) is 30.1 Å². The Morgan fingerprint density at radius 3 is 2.67 bits per heavy atom. The lowest BCUT2D eigenvalue weighted by molar-refractivity contribution is -0.121. The van der Waals surface area contributed by atoms with Gasteiger partial charge in [-0.05, 0) is 51.0 Å². The summed E-state index contributed by atoms with van der Waals surface area (Å²) >= 11 is 1.58.